The SMILES string of the molecule is c1ccc(-c2ccc(-c3nc(-c4ccccc4)nc(-c4cccc5oc6ccc(-c7ccc(-c8cc(-c9ccccc9)cc(-c9ccccc9)c8)cc7)cc6c45)n3)cc2)cc1. The lowest BCUT2D eigenvalue weighted by atomic mass is 9.92. The van der Waals surface area contributed by atoms with Crippen molar-refractivity contribution in [1.29, 1.82) is 0 Å². The minimum Gasteiger partial charge on any atom is -0.456 e. The molecule has 11 rings (SSSR count). The molecule has 0 aliphatic rings. The fourth-order valence-electron chi connectivity index (χ4n) is 8.22. The van der Waals surface area contributed by atoms with Crippen LogP contribution in [-0.2, 0) is 0 Å². The third-order valence-corrected chi connectivity index (χ3v) is 11.4. The van der Waals surface area contributed by atoms with Crippen LogP contribution < -0.4 is 0 Å². The molecule has 0 aliphatic carbocycles. The zero-order valence-electron chi connectivity index (χ0n) is 33.1. The Bertz CT molecular complexity index is 3250. The third-order valence-electron chi connectivity index (χ3n) is 11.4. The van der Waals surface area contributed by atoms with E-state index in [0.29, 0.717) is 17.5 Å². The van der Waals surface area contributed by atoms with Gasteiger partial charge in [0.15, 0.2) is 17.5 Å². The van der Waals surface area contributed by atoms with Crippen LogP contribution in [0.25, 0.3) is 112 Å². The molecular weight excluding hydrogens is 743 g/mol. The zero-order valence-corrected chi connectivity index (χ0v) is 33.1. The first-order chi connectivity index (χ1) is 30.2. The minimum atomic E-state index is 0.589. The smallest absolute Gasteiger partial charge is 0.164 e. The maximum atomic E-state index is 6.49. The van der Waals surface area contributed by atoms with Crippen LogP contribution in [0.1, 0.15) is 0 Å². The van der Waals surface area contributed by atoms with Crippen molar-refractivity contribution in [2.24, 2.45) is 0 Å². The molecule has 0 bridgehead atoms. The van der Waals surface area contributed by atoms with E-state index in [-0.39, 0.29) is 0 Å². The van der Waals surface area contributed by atoms with Crippen LogP contribution in [0, 0.1) is 0 Å². The van der Waals surface area contributed by atoms with Crippen LogP contribution >= 0.6 is 0 Å². The number of hydrogen-bond donors (Lipinski definition) is 0. The van der Waals surface area contributed by atoms with E-state index in [4.69, 9.17) is 19.4 Å². The van der Waals surface area contributed by atoms with Crippen LogP contribution in [0.5, 0.6) is 0 Å². The molecule has 61 heavy (non-hydrogen) atoms. The molecule has 0 aliphatic heterocycles. The predicted molar refractivity (Wildman–Crippen MR) is 251 cm³/mol. The van der Waals surface area contributed by atoms with Crippen LogP contribution in [-0.4, -0.2) is 15.0 Å². The van der Waals surface area contributed by atoms with E-state index in [9.17, 15) is 0 Å². The van der Waals surface area contributed by atoms with Gasteiger partial charge in [-0.25, -0.2) is 15.0 Å². The van der Waals surface area contributed by atoms with Crippen LogP contribution in [0.3, 0.4) is 0 Å². The topological polar surface area (TPSA) is 51.8 Å². The Morgan fingerprint density at radius 3 is 1.15 bits per heavy atom. The van der Waals surface area contributed by atoms with Crippen LogP contribution in [0.2, 0.25) is 0 Å². The van der Waals surface area contributed by atoms with E-state index in [1.54, 1.807) is 0 Å². The second-order valence-corrected chi connectivity index (χ2v) is 15.2. The summed E-state index contributed by atoms with van der Waals surface area (Å²) >= 11 is 0. The summed E-state index contributed by atoms with van der Waals surface area (Å²) in [5.41, 5.74) is 15.9. The van der Waals surface area contributed by atoms with Crippen molar-refractivity contribution in [2.75, 3.05) is 0 Å². The minimum absolute atomic E-state index is 0.589. The molecule has 0 saturated heterocycles. The fraction of sp³-hybridized carbons (Fsp3) is 0. The van der Waals surface area contributed by atoms with Crippen molar-refractivity contribution in [2.45, 2.75) is 0 Å². The Morgan fingerprint density at radius 2 is 0.623 bits per heavy atom. The van der Waals surface area contributed by atoms with Crippen LogP contribution in [0.4, 0.5) is 0 Å². The molecule has 0 spiro atoms. The highest BCUT2D eigenvalue weighted by atomic mass is 16.3. The molecular formula is C57H37N3O. The second kappa shape index (κ2) is 15.5. The molecule has 4 heteroatoms. The van der Waals surface area contributed by atoms with Crippen molar-refractivity contribution in [3.05, 3.63) is 224 Å². The summed E-state index contributed by atoms with van der Waals surface area (Å²) in [6, 6.07) is 78.4. The van der Waals surface area contributed by atoms with Gasteiger partial charge in [0.2, 0.25) is 0 Å². The number of benzene rings is 9. The highest BCUT2D eigenvalue weighted by Crippen LogP contribution is 2.39. The molecule has 2 aromatic heterocycles. The largest absolute Gasteiger partial charge is 0.456 e. The molecule has 0 N–H and O–H groups in total. The van der Waals surface area contributed by atoms with Gasteiger partial charge in [0.25, 0.3) is 0 Å². The first-order valence-electron chi connectivity index (χ1n) is 20.5. The Balaban J connectivity index is 0.988. The zero-order chi connectivity index (χ0) is 40.5. The number of furan rings is 1. The lowest BCUT2D eigenvalue weighted by Gasteiger charge is -2.12. The van der Waals surface area contributed by atoms with Gasteiger partial charge in [-0.05, 0) is 92.0 Å². The van der Waals surface area contributed by atoms with Gasteiger partial charge in [0.1, 0.15) is 11.2 Å². The maximum Gasteiger partial charge on any atom is 0.164 e. The summed E-state index contributed by atoms with van der Waals surface area (Å²) in [5.74, 6) is 1.81. The quantitative estimate of drug-likeness (QED) is 0.154. The van der Waals surface area contributed by atoms with Crippen molar-refractivity contribution in [1.82, 2.24) is 15.0 Å². The number of fused-ring (bicyclic) bond motifs is 3. The van der Waals surface area contributed by atoms with Gasteiger partial charge in [-0.1, -0.05) is 188 Å². The van der Waals surface area contributed by atoms with Gasteiger partial charge in [-0.2, -0.15) is 0 Å². The average molecular weight is 780 g/mol. The Hall–Kier alpha value is -8.21. The summed E-state index contributed by atoms with van der Waals surface area (Å²) < 4.78 is 6.49. The normalized spacial score (nSPS) is 11.3. The number of nitrogens with zero attached hydrogens (tertiary/aromatic N) is 3. The summed E-state index contributed by atoms with van der Waals surface area (Å²) in [7, 11) is 0. The highest BCUT2D eigenvalue weighted by Gasteiger charge is 2.19. The Kier molecular flexibility index (Phi) is 9.14. The molecule has 0 atom stereocenters. The summed E-state index contributed by atoms with van der Waals surface area (Å²) in [4.78, 5) is 15.3. The summed E-state index contributed by atoms with van der Waals surface area (Å²) in [6.45, 7) is 0. The fourth-order valence-corrected chi connectivity index (χ4v) is 8.22. The van der Waals surface area contributed by atoms with Crippen LogP contribution in [0.15, 0.2) is 229 Å². The van der Waals surface area contributed by atoms with E-state index < -0.39 is 0 Å². The van der Waals surface area contributed by atoms with Gasteiger partial charge < -0.3 is 4.42 Å². The van der Waals surface area contributed by atoms with E-state index in [1.807, 2.05) is 48.5 Å². The maximum absolute atomic E-state index is 6.49. The number of rotatable bonds is 8. The molecule has 0 amide bonds. The van der Waals surface area contributed by atoms with Gasteiger partial charge in [0, 0.05) is 27.5 Å². The lowest BCUT2D eigenvalue weighted by Crippen LogP contribution is -2.00. The molecule has 0 fully saturated rings. The Labute approximate surface area is 354 Å². The van der Waals surface area contributed by atoms with Crippen molar-refractivity contribution >= 4 is 21.9 Å². The van der Waals surface area contributed by atoms with Gasteiger partial charge in [-0.15, -0.1) is 0 Å². The molecule has 9 aromatic carbocycles. The number of aromatic nitrogens is 3. The summed E-state index contributed by atoms with van der Waals surface area (Å²) in [6.07, 6.45) is 0. The van der Waals surface area contributed by atoms with E-state index in [2.05, 4.69) is 176 Å². The first-order valence-corrected chi connectivity index (χ1v) is 20.5. The van der Waals surface area contributed by atoms with Gasteiger partial charge in [-0.3, -0.25) is 0 Å². The number of hydrogen-bond acceptors (Lipinski definition) is 4. The van der Waals surface area contributed by atoms with Crippen molar-refractivity contribution < 1.29 is 4.42 Å². The monoisotopic (exact) mass is 779 g/mol. The lowest BCUT2D eigenvalue weighted by molar-refractivity contribution is 0.669. The molecule has 0 unspecified atom stereocenters. The van der Waals surface area contributed by atoms with Crippen molar-refractivity contribution in [3.8, 4) is 89.8 Å². The first kappa shape index (κ1) is 35.9. The second-order valence-electron chi connectivity index (χ2n) is 15.2. The molecule has 0 radical (unpaired) electrons. The van der Waals surface area contributed by atoms with E-state index >= 15 is 0 Å². The molecule has 0 saturated carbocycles. The van der Waals surface area contributed by atoms with Crippen molar-refractivity contribution in [3.63, 3.8) is 0 Å². The third kappa shape index (κ3) is 7.07. The highest BCUT2D eigenvalue weighted by molar-refractivity contribution is 6.12. The summed E-state index contributed by atoms with van der Waals surface area (Å²) in [5, 5.41) is 1.98. The standard InChI is InChI=1S/C57H37N3O/c1-5-14-38(15-6-1)41-28-30-45(31-29-41)56-58-55(44-20-11-4-12-21-44)59-57(60-56)50-22-13-23-53-54(50)51-37-46(32-33-52(51)61-53)42-24-26-43(27-25-42)49-35-47(39-16-7-2-8-17-39)34-48(36-49)40-18-9-3-10-19-40/h1-37H. The van der Waals surface area contributed by atoms with E-state index in [1.165, 1.54) is 27.8 Å². The molecule has 11 aromatic rings. The Morgan fingerprint density at radius 1 is 0.246 bits per heavy atom. The van der Waals surface area contributed by atoms with Gasteiger partial charge in [0.05, 0.1) is 0 Å². The molecule has 2 heterocycles. The molecule has 4 nitrogen and oxygen atoms in total. The molecule has 286 valence electrons. The van der Waals surface area contributed by atoms with E-state index in [0.717, 1.165) is 66.4 Å². The van der Waals surface area contributed by atoms with Gasteiger partial charge >= 0.3 is 0 Å². The average Bonchev–Trinajstić information content (AvgIpc) is 3.73. The predicted octanol–water partition coefficient (Wildman–Crippen LogP) is 15.1.